The fraction of sp³-hybridized carbons (Fsp3) is 0.500. The first-order chi connectivity index (χ1) is 9.25. The third kappa shape index (κ3) is 4.31. The number of nitrogens with zero attached hydrogens (tertiary/aromatic N) is 1. The van der Waals surface area contributed by atoms with Crippen molar-refractivity contribution < 1.29 is 19.4 Å². The summed E-state index contributed by atoms with van der Waals surface area (Å²) in [6, 6.07) is 3.46. The van der Waals surface area contributed by atoms with Crippen LogP contribution >= 0.6 is 0 Å². The standard InChI is InChI=1S/C14H20N2O4/c1-14(2,3)9-5-6-10(15-7-9)12(17)16-8-11(20-4)13(18)19/h5-7,11H,8H2,1-4H3,(H,16,17)(H,18,19). The van der Waals surface area contributed by atoms with Crippen molar-refractivity contribution in [3.05, 3.63) is 29.6 Å². The number of pyridine rings is 1. The number of hydrogen-bond acceptors (Lipinski definition) is 4. The maximum absolute atomic E-state index is 11.8. The first-order valence-electron chi connectivity index (χ1n) is 6.26. The van der Waals surface area contributed by atoms with Crippen molar-refractivity contribution in [3.8, 4) is 0 Å². The Hall–Kier alpha value is -1.95. The van der Waals surface area contributed by atoms with Gasteiger partial charge in [0.15, 0.2) is 6.10 Å². The number of amides is 1. The van der Waals surface area contributed by atoms with Crippen LogP contribution < -0.4 is 5.32 Å². The summed E-state index contributed by atoms with van der Waals surface area (Å²) in [6.07, 6.45) is 0.590. The minimum atomic E-state index is -1.12. The third-order valence-electron chi connectivity index (χ3n) is 2.87. The van der Waals surface area contributed by atoms with Crippen molar-refractivity contribution in [1.29, 1.82) is 0 Å². The van der Waals surface area contributed by atoms with Crippen LogP contribution in [0.25, 0.3) is 0 Å². The van der Waals surface area contributed by atoms with Gasteiger partial charge in [-0.25, -0.2) is 4.79 Å². The number of ether oxygens (including phenoxy) is 1. The highest BCUT2D eigenvalue weighted by molar-refractivity contribution is 5.92. The van der Waals surface area contributed by atoms with Crippen LogP contribution in [-0.4, -0.2) is 41.7 Å². The molecule has 1 aromatic heterocycles. The molecule has 0 aliphatic rings. The molecule has 1 amide bonds. The maximum atomic E-state index is 11.8. The monoisotopic (exact) mass is 280 g/mol. The van der Waals surface area contributed by atoms with Gasteiger partial charge in [-0.1, -0.05) is 26.8 Å². The Kier molecular flexibility index (Phi) is 5.21. The number of aliphatic carboxylic acids is 1. The first kappa shape index (κ1) is 16.1. The van der Waals surface area contributed by atoms with Gasteiger partial charge >= 0.3 is 5.97 Å². The molecule has 1 unspecified atom stereocenters. The molecule has 6 heteroatoms. The quantitative estimate of drug-likeness (QED) is 0.846. The number of carboxylic acid groups (broad SMARTS) is 1. The lowest BCUT2D eigenvalue weighted by molar-refractivity contribution is -0.148. The number of aromatic nitrogens is 1. The van der Waals surface area contributed by atoms with Gasteiger partial charge < -0.3 is 15.2 Å². The average Bonchev–Trinajstić information content (AvgIpc) is 2.38. The molecular formula is C14H20N2O4. The largest absolute Gasteiger partial charge is 0.479 e. The van der Waals surface area contributed by atoms with Crippen LogP contribution in [0.1, 0.15) is 36.8 Å². The first-order valence-corrected chi connectivity index (χ1v) is 6.26. The van der Waals surface area contributed by atoms with Crippen molar-refractivity contribution in [2.45, 2.75) is 32.3 Å². The molecule has 6 nitrogen and oxygen atoms in total. The van der Waals surface area contributed by atoms with E-state index in [9.17, 15) is 9.59 Å². The number of carbonyl (C=O) groups excluding carboxylic acids is 1. The summed E-state index contributed by atoms with van der Waals surface area (Å²) in [5.41, 5.74) is 1.24. The molecule has 0 fully saturated rings. The summed E-state index contributed by atoms with van der Waals surface area (Å²) < 4.78 is 4.73. The fourth-order valence-corrected chi connectivity index (χ4v) is 1.52. The summed E-state index contributed by atoms with van der Waals surface area (Å²) in [5.74, 6) is -1.54. The van der Waals surface area contributed by atoms with E-state index in [4.69, 9.17) is 9.84 Å². The Bertz CT molecular complexity index is 477. The smallest absolute Gasteiger partial charge is 0.334 e. The molecule has 0 aliphatic carbocycles. The van der Waals surface area contributed by atoms with Gasteiger partial charge in [0.1, 0.15) is 5.69 Å². The van der Waals surface area contributed by atoms with Gasteiger partial charge in [-0.05, 0) is 17.0 Å². The van der Waals surface area contributed by atoms with Crippen LogP contribution in [0.2, 0.25) is 0 Å². The number of hydrogen-bond donors (Lipinski definition) is 2. The average molecular weight is 280 g/mol. The van der Waals surface area contributed by atoms with Gasteiger partial charge in [0.05, 0.1) is 6.54 Å². The number of carboxylic acids is 1. The summed E-state index contributed by atoms with van der Waals surface area (Å²) in [6.45, 7) is 6.06. The normalized spacial score (nSPS) is 12.8. The highest BCUT2D eigenvalue weighted by Gasteiger charge is 2.19. The zero-order valence-corrected chi connectivity index (χ0v) is 12.1. The van der Waals surface area contributed by atoms with Crippen LogP contribution in [0.3, 0.4) is 0 Å². The Morgan fingerprint density at radius 3 is 2.45 bits per heavy atom. The predicted molar refractivity (Wildman–Crippen MR) is 73.7 cm³/mol. The van der Waals surface area contributed by atoms with Gasteiger partial charge in [0.25, 0.3) is 5.91 Å². The van der Waals surface area contributed by atoms with E-state index in [-0.39, 0.29) is 17.7 Å². The Balaban J connectivity index is 2.67. The third-order valence-corrected chi connectivity index (χ3v) is 2.87. The zero-order valence-electron chi connectivity index (χ0n) is 12.1. The number of rotatable bonds is 5. The fourth-order valence-electron chi connectivity index (χ4n) is 1.52. The Labute approximate surface area is 118 Å². The molecule has 20 heavy (non-hydrogen) atoms. The molecular weight excluding hydrogens is 260 g/mol. The molecule has 1 atom stereocenters. The summed E-state index contributed by atoms with van der Waals surface area (Å²) in [5, 5.41) is 11.3. The minimum absolute atomic E-state index is 0.0353. The van der Waals surface area contributed by atoms with Crippen LogP contribution in [0.15, 0.2) is 18.3 Å². The number of carbonyl (C=O) groups is 2. The van der Waals surface area contributed by atoms with Crippen LogP contribution in [0, 0.1) is 0 Å². The van der Waals surface area contributed by atoms with Crippen LogP contribution in [0.4, 0.5) is 0 Å². The molecule has 1 heterocycles. The van der Waals surface area contributed by atoms with Crippen molar-refractivity contribution in [3.63, 3.8) is 0 Å². The van der Waals surface area contributed by atoms with Crippen LogP contribution in [-0.2, 0) is 14.9 Å². The van der Waals surface area contributed by atoms with Crippen LogP contribution in [0.5, 0.6) is 0 Å². The highest BCUT2D eigenvalue weighted by Crippen LogP contribution is 2.20. The lowest BCUT2D eigenvalue weighted by Gasteiger charge is -2.18. The molecule has 0 bridgehead atoms. The highest BCUT2D eigenvalue weighted by atomic mass is 16.5. The summed E-state index contributed by atoms with van der Waals surface area (Å²) >= 11 is 0. The molecule has 0 radical (unpaired) electrons. The maximum Gasteiger partial charge on any atom is 0.334 e. The van der Waals surface area contributed by atoms with Gasteiger partial charge in [-0.2, -0.15) is 0 Å². The van der Waals surface area contributed by atoms with E-state index in [2.05, 4.69) is 31.1 Å². The Morgan fingerprint density at radius 1 is 1.40 bits per heavy atom. The van der Waals surface area contributed by atoms with Crippen molar-refractivity contribution in [2.24, 2.45) is 0 Å². The molecule has 1 rings (SSSR count). The molecule has 0 aliphatic heterocycles. The molecule has 0 spiro atoms. The van der Waals surface area contributed by atoms with Gasteiger partial charge in [-0.3, -0.25) is 9.78 Å². The molecule has 2 N–H and O–H groups in total. The van der Waals surface area contributed by atoms with E-state index in [0.29, 0.717) is 0 Å². The second kappa shape index (κ2) is 6.47. The van der Waals surface area contributed by atoms with Crippen molar-refractivity contribution in [1.82, 2.24) is 10.3 Å². The molecule has 0 saturated carbocycles. The van der Waals surface area contributed by atoms with Crippen molar-refractivity contribution in [2.75, 3.05) is 13.7 Å². The van der Waals surface area contributed by atoms with E-state index in [0.717, 1.165) is 5.56 Å². The molecule has 0 saturated heterocycles. The SMILES string of the molecule is COC(CNC(=O)c1ccc(C(C)(C)C)cn1)C(=O)O. The van der Waals surface area contributed by atoms with Gasteiger partial charge in [0, 0.05) is 13.3 Å². The van der Waals surface area contributed by atoms with Gasteiger partial charge in [0.2, 0.25) is 0 Å². The van der Waals surface area contributed by atoms with Crippen molar-refractivity contribution >= 4 is 11.9 Å². The van der Waals surface area contributed by atoms with E-state index in [1.807, 2.05) is 6.07 Å². The minimum Gasteiger partial charge on any atom is -0.479 e. The zero-order chi connectivity index (χ0) is 15.3. The lowest BCUT2D eigenvalue weighted by atomic mass is 9.88. The number of methoxy groups -OCH3 is 1. The summed E-state index contributed by atoms with van der Waals surface area (Å²) in [4.78, 5) is 26.7. The van der Waals surface area contributed by atoms with E-state index >= 15 is 0 Å². The summed E-state index contributed by atoms with van der Waals surface area (Å²) in [7, 11) is 1.28. The van der Waals surface area contributed by atoms with E-state index in [1.165, 1.54) is 7.11 Å². The molecule has 0 aromatic carbocycles. The predicted octanol–water partition coefficient (Wildman–Crippen LogP) is 1.21. The number of nitrogens with one attached hydrogen (secondary N) is 1. The second-order valence-electron chi connectivity index (χ2n) is 5.45. The van der Waals surface area contributed by atoms with E-state index in [1.54, 1.807) is 12.3 Å². The van der Waals surface area contributed by atoms with E-state index < -0.39 is 18.0 Å². The lowest BCUT2D eigenvalue weighted by Crippen LogP contribution is -2.38. The Morgan fingerprint density at radius 2 is 2.05 bits per heavy atom. The molecule has 110 valence electrons. The topological polar surface area (TPSA) is 88.5 Å². The molecule has 1 aromatic rings. The second-order valence-corrected chi connectivity index (χ2v) is 5.45. The van der Waals surface area contributed by atoms with Gasteiger partial charge in [-0.15, -0.1) is 0 Å².